The smallest absolute Gasteiger partial charge is 0.744 e. The summed E-state index contributed by atoms with van der Waals surface area (Å²) in [7, 11) is -3.04. The Bertz CT molecular complexity index is 418. The molecule has 0 saturated heterocycles. The SMILES string of the molecule is COc1ccc(S(=O)(=O)[O-])cc1Cl.[Na+]. The average molecular weight is 245 g/mol. The molecule has 0 bridgehead atoms. The molecule has 72 valence electrons. The molecular formula is C7H6ClNaO4S. The first-order valence-electron chi connectivity index (χ1n) is 3.24. The zero-order chi connectivity index (χ0) is 10.1. The second-order valence-corrected chi connectivity index (χ2v) is 4.04. The van der Waals surface area contributed by atoms with Gasteiger partial charge in [-0.05, 0) is 18.2 Å². The molecule has 7 heteroatoms. The Hall–Kier alpha value is 0.220. The van der Waals surface area contributed by atoms with E-state index in [-0.39, 0.29) is 39.5 Å². The maximum atomic E-state index is 10.5. The first-order valence-corrected chi connectivity index (χ1v) is 5.03. The molecule has 0 radical (unpaired) electrons. The van der Waals surface area contributed by atoms with Crippen molar-refractivity contribution in [1.29, 1.82) is 0 Å². The van der Waals surface area contributed by atoms with Crippen LogP contribution in [0.3, 0.4) is 0 Å². The maximum absolute atomic E-state index is 10.5. The summed E-state index contributed by atoms with van der Waals surface area (Å²) < 4.78 is 36.4. The molecule has 0 aliphatic rings. The fraction of sp³-hybridized carbons (Fsp3) is 0.143. The molecule has 1 rings (SSSR count). The van der Waals surface area contributed by atoms with Crippen molar-refractivity contribution < 1.29 is 47.3 Å². The first kappa shape index (κ1) is 14.2. The molecular weight excluding hydrogens is 239 g/mol. The average Bonchev–Trinajstić information content (AvgIpc) is 2.02. The van der Waals surface area contributed by atoms with E-state index in [9.17, 15) is 13.0 Å². The molecule has 0 atom stereocenters. The van der Waals surface area contributed by atoms with Gasteiger partial charge in [-0.15, -0.1) is 0 Å². The number of methoxy groups -OCH3 is 1. The van der Waals surface area contributed by atoms with Crippen LogP contribution in [0.2, 0.25) is 5.02 Å². The van der Waals surface area contributed by atoms with Crippen LogP contribution in [0.15, 0.2) is 23.1 Å². The van der Waals surface area contributed by atoms with Crippen LogP contribution in [-0.2, 0) is 10.1 Å². The third-order valence-corrected chi connectivity index (χ3v) is 2.54. The van der Waals surface area contributed by atoms with Gasteiger partial charge in [-0.1, -0.05) is 11.6 Å². The second kappa shape index (κ2) is 5.34. The van der Waals surface area contributed by atoms with Gasteiger partial charge in [0.2, 0.25) is 0 Å². The summed E-state index contributed by atoms with van der Waals surface area (Å²) in [4.78, 5) is -0.363. The fourth-order valence-corrected chi connectivity index (χ4v) is 1.62. The minimum atomic E-state index is -4.44. The number of benzene rings is 1. The largest absolute Gasteiger partial charge is 1.00 e. The van der Waals surface area contributed by atoms with Crippen molar-refractivity contribution in [2.24, 2.45) is 0 Å². The number of hydrogen-bond donors (Lipinski definition) is 0. The van der Waals surface area contributed by atoms with Crippen molar-refractivity contribution in [3.8, 4) is 5.75 Å². The summed E-state index contributed by atoms with van der Waals surface area (Å²) in [6.07, 6.45) is 0. The molecule has 0 aliphatic heterocycles. The van der Waals surface area contributed by atoms with E-state index in [1.165, 1.54) is 13.2 Å². The quantitative estimate of drug-likeness (QED) is 0.457. The Kier molecular flexibility index (Phi) is 5.43. The van der Waals surface area contributed by atoms with Crippen molar-refractivity contribution >= 4 is 21.7 Å². The van der Waals surface area contributed by atoms with Gasteiger partial charge in [-0.3, -0.25) is 0 Å². The van der Waals surface area contributed by atoms with E-state index in [1.54, 1.807) is 0 Å². The molecule has 1 aromatic carbocycles. The van der Waals surface area contributed by atoms with E-state index in [1.807, 2.05) is 0 Å². The Morgan fingerprint density at radius 2 is 2.00 bits per heavy atom. The van der Waals surface area contributed by atoms with Gasteiger partial charge in [0.1, 0.15) is 15.9 Å². The monoisotopic (exact) mass is 244 g/mol. The second-order valence-electron chi connectivity index (χ2n) is 2.25. The molecule has 14 heavy (non-hydrogen) atoms. The summed E-state index contributed by atoms with van der Waals surface area (Å²) in [5, 5.41) is 0.0967. The van der Waals surface area contributed by atoms with Gasteiger partial charge in [-0.25, -0.2) is 8.42 Å². The Labute approximate surface area is 109 Å². The minimum absolute atomic E-state index is 0. The summed E-state index contributed by atoms with van der Waals surface area (Å²) in [6.45, 7) is 0. The summed E-state index contributed by atoms with van der Waals surface area (Å²) in [5.41, 5.74) is 0. The summed E-state index contributed by atoms with van der Waals surface area (Å²) >= 11 is 5.61. The fourth-order valence-electron chi connectivity index (χ4n) is 0.803. The third kappa shape index (κ3) is 3.42. The van der Waals surface area contributed by atoms with Gasteiger partial charge in [0.15, 0.2) is 0 Å². The van der Waals surface area contributed by atoms with E-state index in [2.05, 4.69) is 0 Å². The van der Waals surface area contributed by atoms with Crippen molar-refractivity contribution in [2.75, 3.05) is 7.11 Å². The third-order valence-electron chi connectivity index (χ3n) is 1.41. The zero-order valence-electron chi connectivity index (χ0n) is 7.65. The standard InChI is InChI=1S/C7H7ClO4S.Na/c1-12-7-3-2-5(4-6(7)8)13(9,10)11;/h2-4H,1H3,(H,9,10,11);/q;+1/p-1. The summed E-state index contributed by atoms with van der Waals surface area (Å²) in [6, 6.07) is 3.53. The molecule has 0 aromatic heterocycles. The predicted molar refractivity (Wildman–Crippen MR) is 46.0 cm³/mol. The van der Waals surface area contributed by atoms with Gasteiger partial charge < -0.3 is 9.29 Å². The topological polar surface area (TPSA) is 66.4 Å². The number of rotatable bonds is 2. The first-order chi connectivity index (χ1) is 5.95. The van der Waals surface area contributed by atoms with Gasteiger partial charge in [0, 0.05) is 0 Å². The van der Waals surface area contributed by atoms with Crippen LogP contribution in [0.1, 0.15) is 0 Å². The van der Waals surface area contributed by atoms with Gasteiger partial charge in [-0.2, -0.15) is 0 Å². The number of hydrogen-bond acceptors (Lipinski definition) is 4. The van der Waals surface area contributed by atoms with E-state index in [0.29, 0.717) is 5.75 Å². The van der Waals surface area contributed by atoms with Crippen LogP contribution < -0.4 is 34.3 Å². The normalized spacial score (nSPS) is 10.5. The molecule has 0 unspecified atom stereocenters. The van der Waals surface area contributed by atoms with Crippen LogP contribution >= 0.6 is 11.6 Å². The van der Waals surface area contributed by atoms with Crippen LogP contribution in [0, 0.1) is 0 Å². The van der Waals surface area contributed by atoms with Gasteiger partial charge >= 0.3 is 29.6 Å². The molecule has 0 heterocycles. The van der Waals surface area contributed by atoms with Crippen molar-refractivity contribution in [2.45, 2.75) is 4.90 Å². The molecule has 0 fully saturated rings. The van der Waals surface area contributed by atoms with Crippen molar-refractivity contribution in [1.82, 2.24) is 0 Å². The zero-order valence-corrected chi connectivity index (χ0v) is 11.2. The molecule has 0 saturated carbocycles. The Morgan fingerprint density at radius 1 is 1.43 bits per heavy atom. The number of halogens is 1. The molecule has 0 N–H and O–H groups in total. The molecule has 0 aliphatic carbocycles. The van der Waals surface area contributed by atoms with Gasteiger partial charge in [0.25, 0.3) is 0 Å². The Morgan fingerprint density at radius 3 is 2.36 bits per heavy atom. The predicted octanol–water partition coefficient (Wildman–Crippen LogP) is -1.74. The van der Waals surface area contributed by atoms with Gasteiger partial charge in [0.05, 0.1) is 17.0 Å². The van der Waals surface area contributed by atoms with Crippen LogP contribution in [-0.4, -0.2) is 20.1 Å². The summed E-state index contributed by atoms with van der Waals surface area (Å²) in [5.74, 6) is 0.328. The van der Waals surface area contributed by atoms with E-state index in [0.717, 1.165) is 12.1 Å². The van der Waals surface area contributed by atoms with Crippen LogP contribution in [0.5, 0.6) is 5.75 Å². The molecule has 0 spiro atoms. The van der Waals surface area contributed by atoms with Crippen molar-refractivity contribution in [3.63, 3.8) is 0 Å². The van der Waals surface area contributed by atoms with E-state index >= 15 is 0 Å². The Balaban J connectivity index is 0.00000169. The molecule has 4 nitrogen and oxygen atoms in total. The minimum Gasteiger partial charge on any atom is -0.744 e. The van der Waals surface area contributed by atoms with E-state index in [4.69, 9.17) is 16.3 Å². The maximum Gasteiger partial charge on any atom is 1.00 e. The van der Waals surface area contributed by atoms with E-state index < -0.39 is 10.1 Å². The van der Waals surface area contributed by atoms with Crippen LogP contribution in [0.4, 0.5) is 0 Å². The van der Waals surface area contributed by atoms with Crippen molar-refractivity contribution in [3.05, 3.63) is 23.2 Å². The number of ether oxygens (including phenoxy) is 1. The van der Waals surface area contributed by atoms with Crippen LogP contribution in [0.25, 0.3) is 0 Å². The molecule has 0 amide bonds. The molecule has 1 aromatic rings.